The zero-order valence-corrected chi connectivity index (χ0v) is 24.4. The first kappa shape index (κ1) is 27.4. The van der Waals surface area contributed by atoms with Crippen molar-refractivity contribution in [2.75, 3.05) is 0 Å². The van der Waals surface area contributed by atoms with E-state index in [1.807, 2.05) is 49.4 Å². The minimum Gasteiger partial charge on any atom is -0.462 e. The summed E-state index contributed by atoms with van der Waals surface area (Å²) in [6.07, 6.45) is 10.6. The maximum absolute atomic E-state index is 12.9. The third-order valence-corrected chi connectivity index (χ3v) is 12.0. The van der Waals surface area contributed by atoms with E-state index >= 15 is 0 Å². The van der Waals surface area contributed by atoms with Crippen LogP contribution in [0.15, 0.2) is 54.6 Å². The average Bonchev–Trinajstić information content (AvgIpc) is 3.31. The normalized spacial score (nSPS) is 36.6. The van der Waals surface area contributed by atoms with Gasteiger partial charge in [0.2, 0.25) is 0 Å². The first-order valence-corrected chi connectivity index (χ1v) is 15.6. The van der Waals surface area contributed by atoms with Crippen LogP contribution in [0, 0.1) is 40.4 Å². The first-order chi connectivity index (χ1) is 19.2. The summed E-state index contributed by atoms with van der Waals surface area (Å²) in [5, 5.41) is 0. The number of ether oxygens (including phenoxy) is 1. The van der Waals surface area contributed by atoms with Crippen molar-refractivity contribution in [1.82, 2.24) is 0 Å². The zero-order chi connectivity index (χ0) is 28.1. The molecule has 0 saturated heterocycles. The molecule has 2 aromatic rings. The molecule has 8 unspecified atom stereocenters. The second kappa shape index (κ2) is 10.6. The van der Waals surface area contributed by atoms with Crippen LogP contribution in [0.5, 0.6) is 0 Å². The molecule has 0 aliphatic heterocycles. The summed E-state index contributed by atoms with van der Waals surface area (Å²) < 4.78 is 6.05. The molecule has 0 heterocycles. The van der Waals surface area contributed by atoms with Crippen LogP contribution in [0.4, 0.5) is 0 Å². The van der Waals surface area contributed by atoms with E-state index in [9.17, 15) is 14.4 Å². The number of hydrogen-bond donors (Lipinski definition) is 0. The van der Waals surface area contributed by atoms with E-state index in [2.05, 4.69) is 13.8 Å². The highest BCUT2D eigenvalue weighted by atomic mass is 16.5. The highest BCUT2D eigenvalue weighted by Gasteiger charge is 2.60. The van der Waals surface area contributed by atoms with Gasteiger partial charge in [-0.15, -0.1) is 0 Å². The van der Waals surface area contributed by atoms with Crippen LogP contribution in [-0.2, 0) is 20.7 Å². The molecule has 8 atom stereocenters. The van der Waals surface area contributed by atoms with Crippen molar-refractivity contribution < 1.29 is 19.1 Å². The van der Waals surface area contributed by atoms with Gasteiger partial charge in [-0.2, -0.15) is 0 Å². The van der Waals surface area contributed by atoms with E-state index in [4.69, 9.17) is 4.74 Å². The number of carbonyl (C=O) groups excluding carboxylic acids is 3. The minimum absolute atomic E-state index is 0.00323. The van der Waals surface area contributed by atoms with Gasteiger partial charge in [-0.25, -0.2) is 0 Å². The summed E-state index contributed by atoms with van der Waals surface area (Å²) in [7, 11) is 0. The Kier molecular flexibility index (Phi) is 7.25. The summed E-state index contributed by atoms with van der Waals surface area (Å²) in [5.41, 5.74) is 2.70. The van der Waals surface area contributed by atoms with E-state index < -0.39 is 0 Å². The summed E-state index contributed by atoms with van der Waals surface area (Å²) in [5.74, 6) is 3.29. The summed E-state index contributed by atoms with van der Waals surface area (Å²) >= 11 is 0. The van der Waals surface area contributed by atoms with Crippen LogP contribution in [0.1, 0.15) is 100 Å². The van der Waals surface area contributed by atoms with Gasteiger partial charge in [0.25, 0.3) is 0 Å². The zero-order valence-electron chi connectivity index (χ0n) is 24.4. The SMILES string of the molecule is CC(=O)C1CCC2C3CCC4CC(OC(=O)Cc5ccc(C(=O)c6ccccc6)cc5)CCC4(C)C3CCC12C. The molecule has 2 aromatic carbocycles. The van der Waals surface area contributed by atoms with Gasteiger partial charge in [0.05, 0.1) is 6.42 Å². The Morgan fingerprint density at radius 1 is 0.775 bits per heavy atom. The van der Waals surface area contributed by atoms with Crippen LogP contribution in [0.3, 0.4) is 0 Å². The van der Waals surface area contributed by atoms with Crippen LogP contribution < -0.4 is 0 Å². The molecule has 6 rings (SSSR count). The predicted octanol–water partition coefficient (Wildman–Crippen LogP) is 7.62. The number of benzene rings is 2. The molecule has 0 amide bonds. The molecule has 4 fully saturated rings. The fraction of sp³-hybridized carbons (Fsp3) is 0.583. The molecular weight excluding hydrogens is 496 g/mol. The quantitative estimate of drug-likeness (QED) is 0.279. The first-order valence-electron chi connectivity index (χ1n) is 15.6. The van der Waals surface area contributed by atoms with Crippen LogP contribution in [0.2, 0.25) is 0 Å². The Labute approximate surface area is 239 Å². The maximum atomic E-state index is 12.9. The van der Waals surface area contributed by atoms with E-state index in [0.29, 0.717) is 34.2 Å². The number of esters is 1. The van der Waals surface area contributed by atoms with Crippen molar-refractivity contribution >= 4 is 17.5 Å². The number of ketones is 2. The van der Waals surface area contributed by atoms with Crippen molar-refractivity contribution in [3.05, 3.63) is 71.3 Å². The molecule has 4 saturated carbocycles. The Morgan fingerprint density at radius 2 is 1.45 bits per heavy atom. The van der Waals surface area contributed by atoms with E-state index in [0.717, 1.165) is 43.1 Å². The van der Waals surface area contributed by atoms with Crippen molar-refractivity contribution in [2.45, 2.75) is 91.1 Å². The largest absolute Gasteiger partial charge is 0.462 e. The van der Waals surface area contributed by atoms with Crippen LogP contribution in [0.25, 0.3) is 0 Å². The van der Waals surface area contributed by atoms with E-state index in [1.165, 1.54) is 32.1 Å². The number of carbonyl (C=O) groups is 3. The lowest BCUT2D eigenvalue weighted by molar-refractivity contribution is -0.162. The Balaban J connectivity index is 1.05. The summed E-state index contributed by atoms with van der Waals surface area (Å²) in [6.45, 7) is 6.77. The third-order valence-electron chi connectivity index (χ3n) is 12.0. The fourth-order valence-electron chi connectivity index (χ4n) is 9.92. The predicted molar refractivity (Wildman–Crippen MR) is 156 cm³/mol. The van der Waals surface area contributed by atoms with Crippen molar-refractivity contribution in [2.24, 2.45) is 40.4 Å². The molecule has 4 aliphatic carbocycles. The summed E-state index contributed by atoms with van der Waals surface area (Å²) in [6, 6.07) is 16.6. The minimum atomic E-state index is -0.168. The van der Waals surface area contributed by atoms with E-state index in [-0.39, 0.29) is 35.6 Å². The van der Waals surface area contributed by atoms with Gasteiger partial charge in [-0.1, -0.05) is 68.4 Å². The number of hydrogen-bond acceptors (Lipinski definition) is 4. The monoisotopic (exact) mass is 540 g/mol. The third kappa shape index (κ3) is 4.76. The Bertz CT molecular complexity index is 1270. The smallest absolute Gasteiger partial charge is 0.310 e. The molecule has 4 nitrogen and oxygen atoms in total. The fourth-order valence-corrected chi connectivity index (χ4v) is 9.92. The molecule has 4 heteroatoms. The maximum Gasteiger partial charge on any atom is 0.310 e. The highest BCUT2D eigenvalue weighted by molar-refractivity contribution is 6.08. The van der Waals surface area contributed by atoms with Gasteiger partial charge in [0, 0.05) is 17.0 Å². The Hall–Kier alpha value is -2.75. The van der Waals surface area contributed by atoms with Gasteiger partial charge < -0.3 is 4.74 Å². The standard InChI is InChI=1S/C36H44O4/c1-23(37)30-15-16-31-29-14-13-27-22-28(17-19-35(27,2)32(29)18-20-36(30,31)3)40-33(38)21-24-9-11-26(12-10-24)34(39)25-7-5-4-6-8-25/h4-12,27-32H,13-22H2,1-3H3. The molecule has 0 N–H and O–H groups in total. The average molecular weight is 541 g/mol. The molecule has 212 valence electrons. The molecule has 0 radical (unpaired) electrons. The van der Waals surface area contributed by atoms with Gasteiger partial charge in [-0.3, -0.25) is 14.4 Å². The molecule has 40 heavy (non-hydrogen) atoms. The molecule has 0 aromatic heterocycles. The lowest BCUT2D eigenvalue weighted by atomic mass is 9.44. The van der Waals surface area contributed by atoms with Gasteiger partial charge in [0.15, 0.2) is 5.78 Å². The van der Waals surface area contributed by atoms with Gasteiger partial charge >= 0.3 is 5.97 Å². The van der Waals surface area contributed by atoms with Gasteiger partial charge in [-0.05, 0) is 105 Å². The number of fused-ring (bicyclic) bond motifs is 5. The Morgan fingerprint density at radius 3 is 2.17 bits per heavy atom. The second-order valence-electron chi connectivity index (χ2n) is 13.9. The van der Waals surface area contributed by atoms with Gasteiger partial charge in [0.1, 0.15) is 11.9 Å². The highest BCUT2D eigenvalue weighted by Crippen LogP contribution is 2.67. The van der Waals surface area contributed by atoms with Crippen LogP contribution >= 0.6 is 0 Å². The molecular formula is C36H44O4. The van der Waals surface area contributed by atoms with Crippen molar-refractivity contribution in [1.29, 1.82) is 0 Å². The molecule has 0 bridgehead atoms. The molecule has 0 spiro atoms. The second-order valence-corrected chi connectivity index (χ2v) is 13.9. The van der Waals surface area contributed by atoms with Crippen molar-refractivity contribution in [3.63, 3.8) is 0 Å². The molecule has 4 aliphatic rings. The van der Waals surface area contributed by atoms with E-state index in [1.54, 1.807) is 12.1 Å². The van der Waals surface area contributed by atoms with Crippen LogP contribution in [-0.4, -0.2) is 23.6 Å². The topological polar surface area (TPSA) is 60.4 Å². The number of rotatable bonds is 6. The van der Waals surface area contributed by atoms with Crippen molar-refractivity contribution in [3.8, 4) is 0 Å². The number of Topliss-reactive ketones (excluding diaryl/α,β-unsaturated/α-hetero) is 1. The lowest BCUT2D eigenvalue weighted by Gasteiger charge is -2.61. The summed E-state index contributed by atoms with van der Waals surface area (Å²) in [4.78, 5) is 38.0. The lowest BCUT2D eigenvalue weighted by Crippen LogP contribution is -2.54.